The summed E-state index contributed by atoms with van der Waals surface area (Å²) < 4.78 is 37.3. The highest BCUT2D eigenvalue weighted by atomic mass is 35.5. The maximum atomic E-state index is 13.8. The summed E-state index contributed by atoms with van der Waals surface area (Å²) in [6.45, 7) is 9.39. The average Bonchev–Trinajstić information content (AvgIpc) is 3.63. The molecule has 3 aliphatic rings. The van der Waals surface area contributed by atoms with Gasteiger partial charge in [-0.2, -0.15) is 0 Å². The summed E-state index contributed by atoms with van der Waals surface area (Å²) in [7, 11) is 0. The first-order chi connectivity index (χ1) is 15.8. The van der Waals surface area contributed by atoms with E-state index in [1.54, 1.807) is 0 Å². The molecule has 2 aromatic carbocycles. The normalized spacial score (nSPS) is 21.2. The molecule has 3 nitrogen and oxygen atoms in total. The number of rotatable bonds is 0. The van der Waals surface area contributed by atoms with Gasteiger partial charge in [-0.05, 0) is 50.5 Å². The van der Waals surface area contributed by atoms with Gasteiger partial charge < -0.3 is 9.47 Å². The highest BCUT2D eigenvalue weighted by Gasteiger charge is 2.38. The third-order valence-electron chi connectivity index (χ3n) is 5.21. The van der Waals surface area contributed by atoms with Crippen molar-refractivity contribution in [3.8, 4) is 18.6 Å². The van der Waals surface area contributed by atoms with Crippen molar-refractivity contribution in [3.63, 3.8) is 0 Å². The molecule has 1 aliphatic carbocycles. The number of hydrogen-bond donors (Lipinski definition) is 0. The zero-order chi connectivity index (χ0) is 25.0. The minimum absolute atomic E-state index is 0.0000463. The lowest BCUT2D eigenvalue weighted by molar-refractivity contribution is -0.122. The molecule has 2 aliphatic heterocycles. The maximum Gasteiger partial charge on any atom is 0.165 e. The minimum Gasteiger partial charge on any atom is -0.490 e. The third-order valence-corrected chi connectivity index (χ3v) is 5.46. The number of Topliss-reactive ketones (excluding diaryl/α,β-unsaturated/α-hetero) is 1. The smallest absolute Gasteiger partial charge is 0.165 e. The second-order valence-corrected chi connectivity index (χ2v) is 8.11. The third kappa shape index (κ3) is 9.15. The molecule has 0 aromatic heterocycles. The van der Waals surface area contributed by atoms with E-state index in [4.69, 9.17) is 21.1 Å². The fourth-order valence-electron chi connectivity index (χ4n) is 3.50. The van der Waals surface area contributed by atoms with E-state index in [-0.39, 0.29) is 23.4 Å². The number of carbonyl (C=O) groups excluding carboxylic acids is 1. The predicted octanol–water partition coefficient (Wildman–Crippen LogP) is 7.14. The Balaban J connectivity index is 0.000000282. The van der Waals surface area contributed by atoms with E-state index in [1.165, 1.54) is 5.56 Å². The second kappa shape index (κ2) is 14.7. The summed E-state index contributed by atoms with van der Waals surface area (Å²) in [6, 6.07) is 9.97. The topological polar surface area (TPSA) is 38.8 Å². The summed E-state index contributed by atoms with van der Waals surface area (Å²) in [6.07, 6.45) is 10.1. The van der Waals surface area contributed by atoms with Crippen LogP contribution in [0, 0.1) is 37.3 Å². The molecule has 3 atom stereocenters. The molecule has 6 heteroatoms. The van der Waals surface area contributed by atoms with Crippen LogP contribution < -0.4 is 4.74 Å². The molecule has 33 heavy (non-hydrogen) atoms. The number of fused-ring (bicyclic) bond motifs is 3. The Morgan fingerprint density at radius 1 is 1.00 bits per heavy atom. The standard InChI is InChI=1S/C13H12F2O2.C7H7Cl.C3H6O.C2H6.C2H2/c14-10-3-4-11(15)13-12(10)9-2-1-8(16)5-7(9)6-17-13;1-6-2-4-7(8)5-3-6;1-3-2-4-3;2*1-2/h3-4,7,9H,1-2,5-6H2;2-5H,1H3;3H,2H2,1H3;1-2H3;1-2H. The fraction of sp³-hybridized carbons (Fsp3) is 0.444. The van der Waals surface area contributed by atoms with Gasteiger partial charge in [-0.25, -0.2) is 8.78 Å². The Labute approximate surface area is 201 Å². The van der Waals surface area contributed by atoms with Crippen LogP contribution in [0.4, 0.5) is 8.78 Å². The van der Waals surface area contributed by atoms with Crippen LogP contribution >= 0.6 is 11.6 Å². The van der Waals surface area contributed by atoms with Crippen molar-refractivity contribution in [2.24, 2.45) is 5.92 Å². The number of ketones is 1. The Kier molecular flexibility index (Phi) is 12.7. The summed E-state index contributed by atoms with van der Waals surface area (Å²) in [5, 5.41) is 0.801. The molecule has 0 radical (unpaired) electrons. The van der Waals surface area contributed by atoms with Crippen molar-refractivity contribution in [2.45, 2.75) is 59.0 Å². The van der Waals surface area contributed by atoms with Gasteiger partial charge in [-0.3, -0.25) is 4.79 Å². The van der Waals surface area contributed by atoms with E-state index >= 15 is 0 Å². The van der Waals surface area contributed by atoms with Crippen molar-refractivity contribution < 1.29 is 23.0 Å². The average molecular weight is 479 g/mol. The van der Waals surface area contributed by atoms with E-state index in [9.17, 15) is 13.6 Å². The van der Waals surface area contributed by atoms with Crippen molar-refractivity contribution >= 4 is 17.4 Å². The lowest BCUT2D eigenvalue weighted by Gasteiger charge is -2.36. The quantitative estimate of drug-likeness (QED) is 0.298. The van der Waals surface area contributed by atoms with Gasteiger partial charge in [0.2, 0.25) is 0 Å². The molecule has 2 heterocycles. The predicted molar refractivity (Wildman–Crippen MR) is 130 cm³/mol. The zero-order valence-electron chi connectivity index (χ0n) is 19.7. The largest absolute Gasteiger partial charge is 0.490 e. The van der Waals surface area contributed by atoms with Crippen LogP contribution in [0.25, 0.3) is 0 Å². The summed E-state index contributed by atoms with van der Waals surface area (Å²) in [4.78, 5) is 11.4. The van der Waals surface area contributed by atoms with E-state index in [0.29, 0.717) is 37.5 Å². The molecule has 0 amide bonds. The molecule has 5 rings (SSSR count). The van der Waals surface area contributed by atoms with Gasteiger partial charge in [0.05, 0.1) is 19.3 Å². The number of ether oxygens (including phenoxy) is 2. The molecule has 1 saturated carbocycles. The first kappa shape index (κ1) is 28.6. The highest BCUT2D eigenvalue weighted by molar-refractivity contribution is 6.30. The highest BCUT2D eigenvalue weighted by Crippen LogP contribution is 2.46. The fourth-order valence-corrected chi connectivity index (χ4v) is 3.63. The van der Waals surface area contributed by atoms with Gasteiger partial charge >= 0.3 is 0 Å². The number of terminal acetylenes is 1. The van der Waals surface area contributed by atoms with Crippen molar-refractivity contribution in [2.75, 3.05) is 13.2 Å². The van der Waals surface area contributed by atoms with Crippen LogP contribution in [0.1, 0.15) is 57.1 Å². The van der Waals surface area contributed by atoms with Crippen molar-refractivity contribution in [1.29, 1.82) is 0 Å². The van der Waals surface area contributed by atoms with Crippen LogP contribution in [-0.4, -0.2) is 25.1 Å². The van der Waals surface area contributed by atoms with E-state index in [1.807, 2.05) is 45.0 Å². The Morgan fingerprint density at radius 2 is 1.55 bits per heavy atom. The Hall–Kier alpha value is -2.42. The zero-order valence-corrected chi connectivity index (χ0v) is 20.5. The van der Waals surface area contributed by atoms with Crippen LogP contribution in [-0.2, 0) is 9.53 Å². The van der Waals surface area contributed by atoms with Gasteiger partial charge in [0.1, 0.15) is 11.6 Å². The molecular weight excluding hydrogens is 446 g/mol. The van der Waals surface area contributed by atoms with Crippen LogP contribution in [0.3, 0.4) is 0 Å². The molecule has 2 fully saturated rings. The van der Waals surface area contributed by atoms with Gasteiger partial charge in [-0.15, -0.1) is 12.8 Å². The lowest BCUT2D eigenvalue weighted by atomic mass is 9.73. The number of epoxide rings is 1. The van der Waals surface area contributed by atoms with Crippen LogP contribution in [0.15, 0.2) is 36.4 Å². The van der Waals surface area contributed by atoms with Crippen LogP contribution in [0.5, 0.6) is 5.75 Å². The Bertz CT molecular complexity index is 871. The van der Waals surface area contributed by atoms with Gasteiger partial charge in [0, 0.05) is 29.3 Å². The van der Waals surface area contributed by atoms with Gasteiger partial charge in [0.15, 0.2) is 11.6 Å². The molecule has 0 spiro atoms. The van der Waals surface area contributed by atoms with Crippen molar-refractivity contribution in [3.05, 3.63) is 64.2 Å². The lowest BCUT2D eigenvalue weighted by Crippen LogP contribution is -2.33. The summed E-state index contributed by atoms with van der Waals surface area (Å²) in [5.41, 5.74) is 1.57. The van der Waals surface area contributed by atoms with Gasteiger partial charge in [0.25, 0.3) is 0 Å². The first-order valence-corrected chi connectivity index (χ1v) is 11.5. The van der Waals surface area contributed by atoms with E-state index in [0.717, 1.165) is 23.8 Å². The molecule has 2 aromatic rings. The number of aryl methyl sites for hydroxylation is 1. The van der Waals surface area contributed by atoms with Crippen LogP contribution in [0.2, 0.25) is 5.02 Å². The first-order valence-electron chi connectivity index (χ1n) is 11.1. The molecule has 180 valence electrons. The van der Waals surface area contributed by atoms with E-state index in [2.05, 4.69) is 19.8 Å². The van der Waals surface area contributed by atoms with Crippen molar-refractivity contribution in [1.82, 2.24) is 0 Å². The SMILES string of the molecule is C#C.CC.CC1CO1.Cc1ccc(Cl)cc1.O=C1CCC2c3c(F)ccc(F)c3OCC2C1. The molecule has 0 N–H and O–H groups in total. The van der Waals surface area contributed by atoms with E-state index < -0.39 is 11.6 Å². The monoisotopic (exact) mass is 478 g/mol. The molecule has 0 bridgehead atoms. The maximum absolute atomic E-state index is 13.8. The van der Waals surface area contributed by atoms with Gasteiger partial charge in [-0.1, -0.05) is 43.1 Å². The minimum atomic E-state index is -0.517. The number of benzene rings is 2. The molecular formula is C27H33ClF2O3. The molecule has 1 saturated heterocycles. The molecule has 3 unspecified atom stereocenters. The number of hydrogen-bond acceptors (Lipinski definition) is 3. The summed E-state index contributed by atoms with van der Waals surface area (Å²) >= 11 is 5.61. The Morgan fingerprint density at radius 3 is 2.06 bits per heavy atom. The number of halogens is 3. The number of carbonyl (C=O) groups is 1. The second-order valence-electron chi connectivity index (χ2n) is 7.67. The summed E-state index contributed by atoms with van der Waals surface area (Å²) in [5.74, 6) is -0.787.